The molecule has 0 aliphatic carbocycles. The zero-order valence-corrected chi connectivity index (χ0v) is 16.2. The average Bonchev–Trinajstić information content (AvgIpc) is 2.86. The second-order valence-electron chi connectivity index (χ2n) is 6.70. The highest BCUT2D eigenvalue weighted by molar-refractivity contribution is 6.17. The first-order valence-corrected chi connectivity index (χ1v) is 9.43. The summed E-state index contributed by atoms with van der Waals surface area (Å²) in [6.07, 6.45) is 3.01. The second kappa shape index (κ2) is 7.83. The Kier molecular flexibility index (Phi) is 5.52. The first-order valence-electron chi connectivity index (χ1n) is 9.43. The van der Waals surface area contributed by atoms with Gasteiger partial charge in [0, 0.05) is 18.2 Å². The fraction of sp³-hybridized carbons (Fsp3) is 0.364. The van der Waals surface area contributed by atoms with E-state index in [4.69, 9.17) is 15.8 Å². The van der Waals surface area contributed by atoms with Crippen LogP contribution in [0.25, 0.3) is 0 Å². The largest absolute Gasteiger partial charge is 0.300 e. The minimum Gasteiger partial charge on any atom is -0.300 e. The number of hydrogen-bond donors (Lipinski definition) is 1. The van der Waals surface area contributed by atoms with Crippen LogP contribution in [0.15, 0.2) is 46.4 Å². The number of likely N-dealkylation sites (N-methyl/N-ethyl adjacent to an activating group) is 1. The number of nitrogens with two attached hydrogens (primary N) is 1. The molecule has 0 unspecified atom stereocenters. The minimum absolute atomic E-state index is 0.482. The highest BCUT2D eigenvalue weighted by Crippen LogP contribution is 2.30. The van der Waals surface area contributed by atoms with E-state index in [0.29, 0.717) is 6.54 Å². The predicted octanol–water partition coefficient (Wildman–Crippen LogP) is 4.06. The monoisotopic (exact) mass is 348 g/mol. The zero-order valence-electron chi connectivity index (χ0n) is 16.2. The van der Waals surface area contributed by atoms with Crippen molar-refractivity contribution in [1.82, 2.24) is 5.01 Å². The van der Waals surface area contributed by atoms with Crippen LogP contribution >= 0.6 is 0 Å². The number of rotatable bonds is 4. The SMILES string of the molecule is CCc1cccc(C2=NCC(N(C)N)=Nc3cc(CC)c(CC)cc32)c1. The van der Waals surface area contributed by atoms with Crippen molar-refractivity contribution < 1.29 is 0 Å². The number of aryl methyl sites for hydroxylation is 3. The summed E-state index contributed by atoms with van der Waals surface area (Å²) in [5.74, 6) is 6.76. The first kappa shape index (κ1) is 18.3. The lowest BCUT2D eigenvalue weighted by atomic mass is 9.93. The van der Waals surface area contributed by atoms with Gasteiger partial charge in [0.25, 0.3) is 0 Å². The Morgan fingerprint density at radius 3 is 2.38 bits per heavy atom. The Balaban J connectivity index is 2.22. The van der Waals surface area contributed by atoms with Crippen LogP contribution in [0.1, 0.15) is 48.6 Å². The Bertz CT molecular complexity index is 862. The van der Waals surface area contributed by atoms with Gasteiger partial charge in [0.05, 0.1) is 17.9 Å². The van der Waals surface area contributed by atoms with Crippen molar-refractivity contribution in [3.05, 3.63) is 64.2 Å². The maximum absolute atomic E-state index is 5.98. The molecule has 2 N–H and O–H groups in total. The molecule has 0 fully saturated rings. The van der Waals surface area contributed by atoms with Crippen LogP contribution in [0.5, 0.6) is 0 Å². The van der Waals surface area contributed by atoms with Crippen LogP contribution in [0.4, 0.5) is 5.69 Å². The summed E-state index contributed by atoms with van der Waals surface area (Å²) in [6, 6.07) is 13.1. The third-order valence-corrected chi connectivity index (χ3v) is 4.98. The van der Waals surface area contributed by atoms with Crippen LogP contribution in [0, 0.1) is 0 Å². The van der Waals surface area contributed by atoms with Crippen LogP contribution in [0.2, 0.25) is 0 Å². The van der Waals surface area contributed by atoms with Gasteiger partial charge < -0.3 is 0 Å². The lowest BCUT2D eigenvalue weighted by molar-refractivity contribution is 0.531. The van der Waals surface area contributed by atoms with Crippen LogP contribution < -0.4 is 5.84 Å². The fourth-order valence-corrected chi connectivity index (χ4v) is 3.40. The molecule has 2 aromatic carbocycles. The molecular formula is C22H28N4. The fourth-order valence-electron chi connectivity index (χ4n) is 3.40. The van der Waals surface area contributed by atoms with Gasteiger partial charge in [0.15, 0.2) is 0 Å². The molecule has 26 heavy (non-hydrogen) atoms. The highest BCUT2D eigenvalue weighted by atomic mass is 15.4. The number of fused-ring (bicyclic) bond motifs is 1. The Morgan fingerprint density at radius 2 is 1.73 bits per heavy atom. The van der Waals surface area contributed by atoms with Gasteiger partial charge in [-0.2, -0.15) is 0 Å². The van der Waals surface area contributed by atoms with Crippen molar-refractivity contribution in [2.75, 3.05) is 13.6 Å². The van der Waals surface area contributed by atoms with E-state index in [-0.39, 0.29) is 0 Å². The van der Waals surface area contributed by atoms with Gasteiger partial charge in [0.2, 0.25) is 0 Å². The molecule has 0 aromatic heterocycles. The summed E-state index contributed by atoms with van der Waals surface area (Å²) < 4.78 is 0. The smallest absolute Gasteiger partial charge is 0.140 e. The van der Waals surface area contributed by atoms with Crippen molar-refractivity contribution in [2.45, 2.75) is 40.0 Å². The molecule has 1 aliphatic heterocycles. The molecule has 0 radical (unpaired) electrons. The van der Waals surface area contributed by atoms with Crippen molar-refractivity contribution in [3.8, 4) is 0 Å². The van der Waals surface area contributed by atoms with Gasteiger partial charge in [-0.1, -0.05) is 39.0 Å². The molecule has 0 amide bonds. The van der Waals surface area contributed by atoms with Crippen molar-refractivity contribution in [2.24, 2.45) is 15.8 Å². The van der Waals surface area contributed by atoms with E-state index in [0.717, 1.165) is 47.6 Å². The van der Waals surface area contributed by atoms with Crippen LogP contribution in [-0.2, 0) is 19.3 Å². The molecule has 136 valence electrons. The molecule has 3 rings (SSSR count). The van der Waals surface area contributed by atoms with Gasteiger partial charge in [-0.15, -0.1) is 0 Å². The van der Waals surface area contributed by atoms with Crippen molar-refractivity contribution in [1.29, 1.82) is 0 Å². The summed E-state index contributed by atoms with van der Waals surface area (Å²) in [5, 5.41) is 1.57. The third kappa shape index (κ3) is 3.56. The molecule has 4 nitrogen and oxygen atoms in total. The molecule has 1 aliphatic rings. The highest BCUT2D eigenvalue weighted by Gasteiger charge is 2.19. The average molecular weight is 348 g/mol. The molecule has 0 spiro atoms. The maximum atomic E-state index is 5.98. The van der Waals surface area contributed by atoms with E-state index in [1.165, 1.54) is 16.7 Å². The molecule has 0 saturated carbocycles. The van der Waals surface area contributed by atoms with Gasteiger partial charge in [-0.25, -0.2) is 10.8 Å². The van der Waals surface area contributed by atoms with Crippen molar-refractivity contribution in [3.63, 3.8) is 0 Å². The van der Waals surface area contributed by atoms with Gasteiger partial charge >= 0.3 is 0 Å². The van der Waals surface area contributed by atoms with Crippen LogP contribution in [0.3, 0.4) is 0 Å². The Hall–Kier alpha value is -2.46. The van der Waals surface area contributed by atoms with E-state index in [9.17, 15) is 0 Å². The Labute approximate surface area is 156 Å². The quantitative estimate of drug-likeness (QED) is 0.669. The number of hydrazine groups is 1. The molecule has 4 heteroatoms. The zero-order chi connectivity index (χ0) is 18.7. The lowest BCUT2D eigenvalue weighted by Gasteiger charge is -2.15. The molecule has 2 aromatic rings. The second-order valence-corrected chi connectivity index (χ2v) is 6.70. The molecule has 0 bridgehead atoms. The number of hydrogen-bond acceptors (Lipinski definition) is 4. The maximum Gasteiger partial charge on any atom is 0.140 e. The predicted molar refractivity (Wildman–Crippen MR) is 111 cm³/mol. The number of amidine groups is 1. The van der Waals surface area contributed by atoms with E-state index in [2.05, 4.69) is 57.2 Å². The van der Waals surface area contributed by atoms with Gasteiger partial charge in [-0.3, -0.25) is 10.0 Å². The molecular weight excluding hydrogens is 320 g/mol. The molecule has 0 saturated heterocycles. The minimum atomic E-state index is 0.482. The van der Waals surface area contributed by atoms with E-state index < -0.39 is 0 Å². The number of aliphatic imine (C=N–C) groups is 2. The van der Waals surface area contributed by atoms with Crippen molar-refractivity contribution >= 4 is 17.2 Å². The topological polar surface area (TPSA) is 54.0 Å². The summed E-state index contributed by atoms with van der Waals surface area (Å²) in [7, 11) is 1.82. The van der Waals surface area contributed by atoms with Crippen LogP contribution in [-0.4, -0.2) is 30.1 Å². The summed E-state index contributed by atoms with van der Waals surface area (Å²) in [6.45, 7) is 7.05. The molecule has 0 atom stereocenters. The number of nitrogens with zero attached hydrogens (tertiary/aromatic N) is 3. The summed E-state index contributed by atoms with van der Waals surface area (Å²) in [5.41, 5.74) is 8.24. The first-order chi connectivity index (χ1) is 12.6. The third-order valence-electron chi connectivity index (χ3n) is 4.98. The summed E-state index contributed by atoms with van der Waals surface area (Å²) in [4.78, 5) is 9.75. The number of benzene rings is 2. The van der Waals surface area contributed by atoms with E-state index >= 15 is 0 Å². The van der Waals surface area contributed by atoms with Gasteiger partial charge in [0.1, 0.15) is 5.84 Å². The van der Waals surface area contributed by atoms with Gasteiger partial charge in [-0.05, 0) is 54.2 Å². The standard InChI is InChI=1S/C22H28N4/c1-5-15-9-8-10-18(11-15)22-19-12-16(6-2)17(7-3)13-20(19)25-21(14-24-22)26(4)23/h8-13H,5-7,14,23H2,1-4H3. The summed E-state index contributed by atoms with van der Waals surface area (Å²) >= 11 is 0. The van der Waals surface area contributed by atoms with E-state index in [1.54, 1.807) is 5.01 Å². The molecule has 1 heterocycles. The Morgan fingerprint density at radius 1 is 1.00 bits per heavy atom. The lowest BCUT2D eigenvalue weighted by Crippen LogP contribution is -2.34. The normalized spacial score (nSPS) is 13.6. The van der Waals surface area contributed by atoms with E-state index in [1.807, 2.05) is 7.05 Å².